The predicted octanol–water partition coefficient (Wildman–Crippen LogP) is -0.0733. The van der Waals surface area contributed by atoms with E-state index in [4.69, 9.17) is 5.73 Å². The Balaban J connectivity index is 1.67. The first-order chi connectivity index (χ1) is 30.1. The van der Waals surface area contributed by atoms with Crippen LogP contribution in [0.5, 0.6) is 5.75 Å². The van der Waals surface area contributed by atoms with Gasteiger partial charge in [0.25, 0.3) is 5.69 Å². The van der Waals surface area contributed by atoms with Crippen molar-refractivity contribution in [3.63, 3.8) is 0 Å². The summed E-state index contributed by atoms with van der Waals surface area (Å²) in [7, 11) is 0. The zero-order valence-electron chi connectivity index (χ0n) is 36.0. The van der Waals surface area contributed by atoms with Gasteiger partial charge >= 0.3 is 5.97 Å². The quantitative estimate of drug-likeness (QED) is 0.0441. The summed E-state index contributed by atoms with van der Waals surface area (Å²) < 4.78 is 0. The fourth-order valence-electron chi connectivity index (χ4n) is 6.01. The minimum Gasteiger partial charge on any atom is -0.508 e. The molecule has 21 heteroatoms. The van der Waals surface area contributed by atoms with Gasteiger partial charge in [0.2, 0.25) is 41.4 Å². The molecule has 0 unspecified atom stereocenters. The number of aromatic hydroxyl groups is 1. The molecule has 6 atom stereocenters. The maximum absolute atomic E-state index is 13.5. The molecular formula is C43H55N9O12. The summed E-state index contributed by atoms with van der Waals surface area (Å²) in [5.41, 5.74) is 7.69. The number of carboxylic acid groups (broad SMARTS) is 1. The lowest BCUT2D eigenvalue weighted by atomic mass is 9.99. The summed E-state index contributed by atoms with van der Waals surface area (Å²) in [4.78, 5) is 113. The number of nitrogens with two attached hydrogens (primary N) is 1. The second-order valence-electron chi connectivity index (χ2n) is 15.5. The monoisotopic (exact) mass is 889 g/mol. The standard InChI is InChI=1S/C43H55N9O12/c1-23(2)17-35(43(61)62)51-42(60)34(19-27-9-13-29(14-10-27)30-7-6-8-31(20-30)52(63)64)49-37(55)22-45-36(54)21-46-41(59)33(18-28-11-15-32(53)16-12-28)50-40(58)26(5)48-39(57)25(4)47-38(56)24(3)44/h6-16,20,23-26,33-35,53H,17-19,21-22,44H2,1-5H3,(H,45,54)(H,46,59)(H,47,56)(H,48,57)(H,49,55)(H,50,58)(H,51,60)(H,61,62)/t24-,25-,26-,33-,34-,35-/m0/s1. The van der Waals surface area contributed by atoms with Crippen LogP contribution in [0.3, 0.4) is 0 Å². The van der Waals surface area contributed by atoms with Crippen molar-refractivity contribution in [1.29, 1.82) is 0 Å². The number of rotatable bonds is 23. The Kier molecular flexibility index (Phi) is 19.3. The average molecular weight is 890 g/mol. The fraction of sp³-hybridized carbons (Fsp3) is 0.395. The molecule has 0 aliphatic heterocycles. The Morgan fingerprint density at radius 2 is 1.12 bits per heavy atom. The lowest BCUT2D eigenvalue weighted by molar-refractivity contribution is -0.384. The molecule has 3 aromatic rings. The van der Waals surface area contributed by atoms with Crippen LogP contribution >= 0.6 is 0 Å². The van der Waals surface area contributed by atoms with Crippen LogP contribution in [0.2, 0.25) is 0 Å². The molecule has 0 aromatic heterocycles. The summed E-state index contributed by atoms with van der Waals surface area (Å²) >= 11 is 0. The minimum absolute atomic E-state index is 0.0484. The summed E-state index contributed by atoms with van der Waals surface area (Å²) in [6.45, 7) is 6.41. The molecule has 0 saturated carbocycles. The molecular weight excluding hydrogens is 835 g/mol. The zero-order valence-corrected chi connectivity index (χ0v) is 36.0. The minimum atomic E-state index is -1.31. The molecule has 0 saturated heterocycles. The van der Waals surface area contributed by atoms with E-state index in [0.717, 1.165) is 0 Å². The summed E-state index contributed by atoms with van der Waals surface area (Å²) in [5.74, 6) is -6.78. The van der Waals surface area contributed by atoms with Crippen LogP contribution < -0.4 is 43.0 Å². The second-order valence-corrected chi connectivity index (χ2v) is 15.5. The van der Waals surface area contributed by atoms with E-state index >= 15 is 0 Å². The number of nitrogens with one attached hydrogen (secondary N) is 7. The van der Waals surface area contributed by atoms with Crippen molar-refractivity contribution in [2.75, 3.05) is 13.1 Å². The number of phenolic OH excluding ortho intramolecular Hbond substituents is 1. The van der Waals surface area contributed by atoms with Gasteiger partial charge in [-0.15, -0.1) is 0 Å². The number of hydrogen-bond donors (Lipinski definition) is 10. The van der Waals surface area contributed by atoms with Crippen molar-refractivity contribution in [1.82, 2.24) is 37.2 Å². The number of nitro groups is 1. The Labute approximate surface area is 368 Å². The Hall–Kier alpha value is -7.42. The van der Waals surface area contributed by atoms with Crippen molar-refractivity contribution in [3.8, 4) is 16.9 Å². The third-order valence-corrected chi connectivity index (χ3v) is 9.55. The third kappa shape index (κ3) is 16.8. The number of carbonyl (C=O) groups excluding carboxylic acids is 7. The molecule has 0 fully saturated rings. The number of aliphatic carboxylic acids is 1. The predicted molar refractivity (Wildman–Crippen MR) is 232 cm³/mol. The summed E-state index contributed by atoms with van der Waals surface area (Å²) in [6, 6.07) is 11.4. The van der Waals surface area contributed by atoms with E-state index < -0.39 is 102 Å². The molecule has 344 valence electrons. The van der Waals surface area contributed by atoms with E-state index in [2.05, 4.69) is 37.2 Å². The third-order valence-electron chi connectivity index (χ3n) is 9.55. The van der Waals surface area contributed by atoms with Crippen molar-refractivity contribution in [2.24, 2.45) is 11.7 Å². The smallest absolute Gasteiger partial charge is 0.326 e. The Morgan fingerprint density at radius 1 is 0.609 bits per heavy atom. The van der Waals surface area contributed by atoms with Gasteiger partial charge in [-0.3, -0.25) is 43.7 Å². The first-order valence-corrected chi connectivity index (χ1v) is 20.3. The number of nitrogens with zero attached hydrogens (tertiary/aromatic N) is 1. The van der Waals surface area contributed by atoms with Crippen LogP contribution in [0, 0.1) is 16.0 Å². The van der Waals surface area contributed by atoms with E-state index in [9.17, 15) is 58.7 Å². The van der Waals surface area contributed by atoms with Crippen LogP contribution in [0.15, 0.2) is 72.8 Å². The number of benzene rings is 3. The molecule has 0 bridgehead atoms. The molecule has 0 radical (unpaired) electrons. The molecule has 7 amide bonds. The van der Waals surface area contributed by atoms with E-state index in [1.165, 1.54) is 57.2 Å². The molecule has 0 aliphatic rings. The lowest BCUT2D eigenvalue weighted by Crippen LogP contribution is -2.57. The molecule has 3 rings (SSSR count). The van der Waals surface area contributed by atoms with Gasteiger partial charge in [-0.25, -0.2) is 4.79 Å². The number of phenols is 1. The molecule has 0 spiro atoms. The highest BCUT2D eigenvalue weighted by Crippen LogP contribution is 2.24. The largest absolute Gasteiger partial charge is 0.508 e. The van der Waals surface area contributed by atoms with Crippen molar-refractivity contribution in [2.45, 2.75) is 90.1 Å². The van der Waals surface area contributed by atoms with Crippen molar-refractivity contribution < 1.29 is 53.5 Å². The van der Waals surface area contributed by atoms with E-state index in [1.807, 2.05) is 0 Å². The molecule has 21 nitrogen and oxygen atoms in total. The normalized spacial score (nSPS) is 13.7. The number of non-ortho nitro benzene ring substituents is 1. The van der Waals surface area contributed by atoms with Gasteiger partial charge in [0, 0.05) is 25.0 Å². The molecule has 3 aromatic carbocycles. The highest BCUT2D eigenvalue weighted by Gasteiger charge is 2.29. The number of carbonyl (C=O) groups is 8. The van der Waals surface area contributed by atoms with Crippen molar-refractivity contribution in [3.05, 3.63) is 94.0 Å². The molecule has 64 heavy (non-hydrogen) atoms. The number of nitro benzene ring substituents is 1. The number of amides is 7. The van der Waals surface area contributed by atoms with Crippen LogP contribution in [0.1, 0.15) is 52.2 Å². The van der Waals surface area contributed by atoms with Crippen molar-refractivity contribution >= 4 is 53.0 Å². The van der Waals surface area contributed by atoms with Crippen LogP contribution in [-0.4, -0.2) is 112 Å². The highest BCUT2D eigenvalue weighted by atomic mass is 16.6. The number of carboxylic acids is 1. The van der Waals surface area contributed by atoms with E-state index in [-0.39, 0.29) is 36.6 Å². The van der Waals surface area contributed by atoms with Gasteiger partial charge in [0.05, 0.1) is 24.1 Å². The summed E-state index contributed by atoms with van der Waals surface area (Å²) in [6.07, 6.45) is -0.111. The van der Waals surface area contributed by atoms with E-state index in [1.54, 1.807) is 50.2 Å². The van der Waals surface area contributed by atoms with Gasteiger partial charge < -0.3 is 53.2 Å². The van der Waals surface area contributed by atoms with Gasteiger partial charge in [0.1, 0.15) is 36.0 Å². The first kappa shape index (κ1) is 50.9. The maximum atomic E-state index is 13.5. The van der Waals surface area contributed by atoms with Gasteiger partial charge in [-0.2, -0.15) is 0 Å². The zero-order chi connectivity index (χ0) is 47.7. The molecule has 0 heterocycles. The molecule has 11 N–H and O–H groups in total. The Morgan fingerprint density at radius 3 is 1.67 bits per heavy atom. The van der Waals surface area contributed by atoms with Crippen LogP contribution in [0.25, 0.3) is 11.1 Å². The van der Waals surface area contributed by atoms with Gasteiger partial charge in [-0.05, 0) is 67.5 Å². The van der Waals surface area contributed by atoms with Crippen LogP contribution in [0.4, 0.5) is 5.69 Å². The fourth-order valence-corrected chi connectivity index (χ4v) is 6.01. The van der Waals surface area contributed by atoms with Gasteiger partial charge in [-0.1, -0.05) is 62.4 Å². The molecule has 0 aliphatic carbocycles. The van der Waals surface area contributed by atoms with E-state index in [0.29, 0.717) is 22.3 Å². The maximum Gasteiger partial charge on any atom is 0.326 e. The first-order valence-electron chi connectivity index (χ1n) is 20.3. The second kappa shape index (κ2) is 24.3. The van der Waals surface area contributed by atoms with Crippen LogP contribution in [-0.2, 0) is 51.2 Å². The topological polar surface area (TPSA) is 330 Å². The lowest BCUT2D eigenvalue weighted by Gasteiger charge is -2.23. The average Bonchev–Trinajstić information content (AvgIpc) is 3.24. The highest BCUT2D eigenvalue weighted by molar-refractivity contribution is 5.96. The summed E-state index contributed by atoms with van der Waals surface area (Å²) in [5, 5.41) is 47.8. The Bertz CT molecular complexity index is 2160. The SMILES string of the molecule is CC(C)C[C@H](NC(=O)[C@H](Cc1ccc(-c2cccc([N+](=O)[O-])c2)cc1)NC(=O)CNC(=O)CNC(=O)[C@H](Cc1ccc(O)cc1)NC(=O)[C@H](C)NC(=O)[C@H](C)NC(=O)[C@H](C)N)C(=O)O. The number of hydrogen-bond acceptors (Lipinski definition) is 12. The van der Waals surface area contributed by atoms with Gasteiger partial charge in [0.15, 0.2) is 0 Å².